The van der Waals surface area contributed by atoms with Gasteiger partial charge in [0.15, 0.2) is 11.5 Å². The van der Waals surface area contributed by atoms with Crippen LogP contribution < -0.4 is 9.64 Å². The van der Waals surface area contributed by atoms with Crippen LogP contribution in [-0.4, -0.2) is 57.9 Å². The molecule has 0 spiro atoms. The molecule has 0 aromatic carbocycles. The maximum Gasteiger partial charge on any atom is 0.327 e. The highest BCUT2D eigenvalue weighted by Gasteiger charge is 2.41. The van der Waals surface area contributed by atoms with Gasteiger partial charge in [0.25, 0.3) is 0 Å². The molecule has 2 aromatic heterocycles. The molecule has 0 bridgehead atoms. The molecule has 1 atom stereocenters. The van der Waals surface area contributed by atoms with Gasteiger partial charge >= 0.3 is 6.03 Å². The largest absolute Gasteiger partial charge is 0.494 e. The Labute approximate surface area is 168 Å². The summed E-state index contributed by atoms with van der Waals surface area (Å²) in [5.74, 6) is 0.871. The quantitative estimate of drug-likeness (QED) is 0.706. The van der Waals surface area contributed by atoms with E-state index in [4.69, 9.17) is 16.3 Å². The van der Waals surface area contributed by atoms with Gasteiger partial charge in [-0.3, -0.25) is 14.7 Å². The van der Waals surface area contributed by atoms with Crippen molar-refractivity contribution < 1.29 is 14.3 Å². The van der Waals surface area contributed by atoms with Crippen LogP contribution in [0.25, 0.3) is 0 Å². The van der Waals surface area contributed by atoms with Crippen molar-refractivity contribution in [2.45, 2.75) is 26.3 Å². The highest BCUT2D eigenvalue weighted by Crippen LogP contribution is 2.26. The predicted molar refractivity (Wildman–Crippen MR) is 105 cm³/mol. The maximum absolute atomic E-state index is 13.0. The molecule has 1 saturated heterocycles. The molecule has 2 amide bonds. The van der Waals surface area contributed by atoms with Crippen molar-refractivity contribution in [2.75, 3.05) is 25.1 Å². The first kappa shape index (κ1) is 20.0. The van der Waals surface area contributed by atoms with Crippen molar-refractivity contribution in [3.63, 3.8) is 0 Å². The number of nitrogens with zero attached hydrogens (tertiary/aromatic N) is 5. The van der Waals surface area contributed by atoms with Crippen LogP contribution in [0, 0.1) is 5.92 Å². The minimum Gasteiger partial charge on any atom is -0.494 e. The number of halogens is 1. The Morgan fingerprint density at radius 3 is 2.64 bits per heavy atom. The van der Waals surface area contributed by atoms with Crippen LogP contribution in [0.4, 0.5) is 10.7 Å². The van der Waals surface area contributed by atoms with E-state index in [1.54, 1.807) is 23.2 Å². The lowest BCUT2D eigenvalue weighted by molar-refractivity contribution is -0.119. The molecule has 2 aromatic rings. The molecule has 0 radical (unpaired) electrons. The Morgan fingerprint density at radius 1 is 1.32 bits per heavy atom. The number of anilines is 1. The molecule has 1 aliphatic rings. The Bertz CT molecular complexity index is 859. The number of aromatic nitrogens is 3. The normalized spacial score (nSPS) is 16.8. The Balaban J connectivity index is 1.74. The number of Topliss-reactive ketones (excluding diaryl/α,β-unsaturated/α-hetero) is 1. The van der Waals surface area contributed by atoms with E-state index in [-0.39, 0.29) is 36.7 Å². The summed E-state index contributed by atoms with van der Waals surface area (Å²) in [4.78, 5) is 41.2. The van der Waals surface area contributed by atoms with Crippen molar-refractivity contribution in [1.29, 1.82) is 0 Å². The molecule has 3 heterocycles. The molecule has 0 N–H and O–H groups in total. The minimum absolute atomic E-state index is 0.00251. The fourth-order valence-electron chi connectivity index (χ4n) is 3.13. The standard InChI is InChI=1S/C19H22ClN5O3/c1-12(2)17-11-25(18-22-8-16(28-3)9-23-18)19(27)24(17)10-15(26)7-14-6-13(20)4-5-21-14/h4-6,8-9,12,17H,7,10-11H2,1-3H3/t17-/m1/s1. The smallest absolute Gasteiger partial charge is 0.327 e. The van der Waals surface area contributed by atoms with Gasteiger partial charge in [0.1, 0.15) is 0 Å². The van der Waals surface area contributed by atoms with Gasteiger partial charge in [0.2, 0.25) is 5.95 Å². The molecule has 0 saturated carbocycles. The van der Waals surface area contributed by atoms with Crippen LogP contribution in [0.3, 0.4) is 0 Å². The Hall–Kier alpha value is -2.74. The van der Waals surface area contributed by atoms with E-state index in [9.17, 15) is 9.59 Å². The molecule has 1 fully saturated rings. The summed E-state index contributed by atoms with van der Waals surface area (Å²) < 4.78 is 5.06. The molecular weight excluding hydrogens is 382 g/mol. The van der Waals surface area contributed by atoms with Crippen molar-refractivity contribution in [3.8, 4) is 5.75 Å². The van der Waals surface area contributed by atoms with Crippen LogP contribution in [0.15, 0.2) is 30.7 Å². The monoisotopic (exact) mass is 403 g/mol. The summed E-state index contributed by atoms with van der Waals surface area (Å²) in [6.45, 7) is 4.46. The number of ketones is 1. The first-order valence-corrected chi connectivity index (χ1v) is 9.33. The predicted octanol–water partition coefficient (Wildman–Crippen LogP) is 2.61. The van der Waals surface area contributed by atoms with Gasteiger partial charge in [0.05, 0.1) is 45.1 Å². The van der Waals surface area contributed by atoms with E-state index in [2.05, 4.69) is 15.0 Å². The number of hydrogen-bond donors (Lipinski definition) is 0. The average Bonchev–Trinajstić information content (AvgIpc) is 2.98. The number of urea groups is 1. The third-order valence-electron chi connectivity index (χ3n) is 4.61. The number of hydrogen-bond acceptors (Lipinski definition) is 6. The number of ether oxygens (including phenoxy) is 1. The van der Waals surface area contributed by atoms with E-state index >= 15 is 0 Å². The van der Waals surface area contributed by atoms with Crippen molar-refractivity contribution >= 4 is 29.4 Å². The molecule has 8 nitrogen and oxygen atoms in total. The SMILES string of the molecule is COc1cnc(N2C[C@H](C(C)C)N(CC(=O)Cc3cc(Cl)ccn3)C2=O)nc1. The number of pyridine rings is 1. The van der Waals surface area contributed by atoms with Crippen LogP contribution in [-0.2, 0) is 11.2 Å². The van der Waals surface area contributed by atoms with Crippen LogP contribution in [0.5, 0.6) is 5.75 Å². The van der Waals surface area contributed by atoms with Gasteiger partial charge in [-0.05, 0) is 18.1 Å². The van der Waals surface area contributed by atoms with E-state index in [0.29, 0.717) is 29.0 Å². The van der Waals surface area contributed by atoms with Crippen molar-refractivity contribution in [1.82, 2.24) is 19.9 Å². The van der Waals surface area contributed by atoms with Gasteiger partial charge in [-0.15, -0.1) is 0 Å². The number of amides is 2. The molecule has 28 heavy (non-hydrogen) atoms. The highest BCUT2D eigenvalue weighted by molar-refractivity contribution is 6.30. The van der Waals surface area contributed by atoms with Crippen molar-refractivity contribution in [3.05, 3.63) is 41.4 Å². The summed E-state index contributed by atoms with van der Waals surface area (Å²) in [5.41, 5.74) is 0.584. The second kappa shape index (κ2) is 8.52. The molecule has 0 unspecified atom stereocenters. The number of methoxy groups -OCH3 is 1. The lowest BCUT2D eigenvalue weighted by Crippen LogP contribution is -2.41. The van der Waals surface area contributed by atoms with E-state index in [1.807, 2.05) is 13.8 Å². The van der Waals surface area contributed by atoms with Gasteiger partial charge < -0.3 is 9.64 Å². The summed E-state index contributed by atoms with van der Waals surface area (Å²) in [6, 6.07) is 2.91. The van der Waals surface area contributed by atoms with Gasteiger partial charge in [0, 0.05) is 16.9 Å². The molecule has 0 aliphatic carbocycles. The van der Waals surface area contributed by atoms with Gasteiger partial charge in [-0.25, -0.2) is 14.8 Å². The van der Waals surface area contributed by atoms with Crippen molar-refractivity contribution in [2.24, 2.45) is 5.92 Å². The van der Waals surface area contributed by atoms with E-state index in [0.717, 1.165) is 0 Å². The fraction of sp³-hybridized carbons (Fsp3) is 0.421. The van der Waals surface area contributed by atoms with Crippen LogP contribution >= 0.6 is 11.6 Å². The second-order valence-corrected chi connectivity index (χ2v) is 7.37. The van der Waals surface area contributed by atoms with Crippen LogP contribution in [0.1, 0.15) is 19.5 Å². The zero-order chi connectivity index (χ0) is 20.3. The average molecular weight is 404 g/mol. The second-order valence-electron chi connectivity index (χ2n) is 6.94. The van der Waals surface area contributed by atoms with E-state index in [1.165, 1.54) is 24.4 Å². The summed E-state index contributed by atoms with van der Waals surface area (Å²) in [5, 5.41) is 0.526. The van der Waals surface area contributed by atoms with Gasteiger partial charge in [-0.2, -0.15) is 0 Å². The zero-order valence-corrected chi connectivity index (χ0v) is 16.8. The molecule has 1 aliphatic heterocycles. The fourth-order valence-corrected chi connectivity index (χ4v) is 3.31. The lowest BCUT2D eigenvalue weighted by atomic mass is 10.0. The third-order valence-corrected chi connectivity index (χ3v) is 4.85. The summed E-state index contributed by atoms with van der Waals surface area (Å²) >= 11 is 5.95. The van der Waals surface area contributed by atoms with Crippen LogP contribution in [0.2, 0.25) is 5.02 Å². The number of carbonyl (C=O) groups excluding carboxylic acids is 2. The lowest BCUT2D eigenvalue weighted by Gasteiger charge is -2.25. The molecule has 148 valence electrons. The third kappa shape index (κ3) is 4.39. The first-order chi connectivity index (χ1) is 13.4. The van der Waals surface area contributed by atoms with E-state index < -0.39 is 0 Å². The maximum atomic E-state index is 13.0. The zero-order valence-electron chi connectivity index (χ0n) is 16.0. The minimum atomic E-state index is -0.281. The molecule has 3 rings (SSSR count). The number of carbonyl (C=O) groups is 2. The first-order valence-electron chi connectivity index (χ1n) is 8.95. The summed E-state index contributed by atoms with van der Waals surface area (Å²) in [6.07, 6.45) is 4.71. The topological polar surface area (TPSA) is 88.5 Å². The highest BCUT2D eigenvalue weighted by atomic mass is 35.5. The molecular formula is C19H22ClN5O3. The molecule has 9 heteroatoms. The number of rotatable bonds is 7. The van der Waals surface area contributed by atoms with Gasteiger partial charge in [-0.1, -0.05) is 25.4 Å². The Kier molecular flexibility index (Phi) is 6.08. The summed E-state index contributed by atoms with van der Waals surface area (Å²) in [7, 11) is 1.52. The Morgan fingerprint density at radius 2 is 2.04 bits per heavy atom.